The highest BCUT2D eigenvalue weighted by Gasteiger charge is 2.16. The van der Waals surface area contributed by atoms with Gasteiger partial charge < -0.3 is 24.5 Å². The zero-order valence-electron chi connectivity index (χ0n) is 12.9. The third-order valence-electron chi connectivity index (χ3n) is 3.46. The average molecular weight is 290 g/mol. The first-order valence-electron chi connectivity index (χ1n) is 6.84. The monoisotopic (exact) mass is 290 g/mol. The molecule has 2 rings (SSSR count). The number of rotatable bonds is 7. The van der Waals surface area contributed by atoms with Crippen LogP contribution in [0.1, 0.15) is 24.1 Å². The first-order valence-corrected chi connectivity index (χ1v) is 6.84. The van der Waals surface area contributed by atoms with Gasteiger partial charge in [-0.1, -0.05) is 0 Å². The van der Waals surface area contributed by atoms with Gasteiger partial charge in [0.25, 0.3) is 0 Å². The molecule has 0 saturated heterocycles. The first-order chi connectivity index (χ1) is 10.2. The molecular formula is C16H22N2O3. The molecule has 0 bridgehead atoms. The Morgan fingerprint density at radius 1 is 1.10 bits per heavy atom. The van der Waals surface area contributed by atoms with E-state index < -0.39 is 0 Å². The Morgan fingerprint density at radius 2 is 1.76 bits per heavy atom. The molecule has 0 radical (unpaired) electrons. The summed E-state index contributed by atoms with van der Waals surface area (Å²) in [6.07, 6.45) is 3.90. The van der Waals surface area contributed by atoms with Crippen molar-refractivity contribution in [2.45, 2.75) is 19.5 Å². The maximum absolute atomic E-state index is 5.38. The highest BCUT2D eigenvalue weighted by atomic mass is 16.5. The van der Waals surface area contributed by atoms with Gasteiger partial charge in [0.1, 0.15) is 0 Å². The molecule has 1 aromatic carbocycles. The Labute approximate surface area is 125 Å². The minimum atomic E-state index is 0.161. The fourth-order valence-electron chi connectivity index (χ4n) is 2.21. The molecule has 0 unspecified atom stereocenters. The summed E-state index contributed by atoms with van der Waals surface area (Å²) in [6.45, 7) is 2.90. The van der Waals surface area contributed by atoms with Gasteiger partial charge in [0, 0.05) is 25.0 Å². The highest BCUT2D eigenvalue weighted by Crippen LogP contribution is 2.39. The molecule has 0 amide bonds. The molecule has 0 aliphatic rings. The van der Waals surface area contributed by atoms with E-state index in [9.17, 15) is 0 Å². The fraction of sp³-hybridized carbons (Fsp3) is 0.375. The van der Waals surface area contributed by atoms with Crippen molar-refractivity contribution in [1.29, 1.82) is 0 Å². The summed E-state index contributed by atoms with van der Waals surface area (Å²) in [5.41, 5.74) is 2.30. The maximum atomic E-state index is 5.38. The van der Waals surface area contributed by atoms with Gasteiger partial charge in [0.05, 0.1) is 21.3 Å². The number of hydrogen-bond donors (Lipinski definition) is 2. The number of hydrogen-bond acceptors (Lipinski definition) is 4. The Morgan fingerprint density at radius 3 is 2.24 bits per heavy atom. The lowest BCUT2D eigenvalue weighted by molar-refractivity contribution is 0.323. The van der Waals surface area contributed by atoms with E-state index in [1.54, 1.807) is 21.3 Å². The molecule has 1 aromatic heterocycles. The van der Waals surface area contributed by atoms with Crippen LogP contribution in [0.2, 0.25) is 0 Å². The Hall–Kier alpha value is -2.14. The second-order valence-corrected chi connectivity index (χ2v) is 4.78. The molecule has 5 nitrogen and oxygen atoms in total. The van der Waals surface area contributed by atoms with Gasteiger partial charge in [0.15, 0.2) is 11.5 Å². The Kier molecular flexibility index (Phi) is 5.11. The molecule has 0 spiro atoms. The molecule has 0 aliphatic carbocycles. The summed E-state index contributed by atoms with van der Waals surface area (Å²) >= 11 is 0. The predicted octanol–water partition coefficient (Wildman–Crippen LogP) is 2.89. The Balaban J connectivity index is 2.18. The maximum Gasteiger partial charge on any atom is 0.203 e. The van der Waals surface area contributed by atoms with Gasteiger partial charge >= 0.3 is 0 Å². The van der Waals surface area contributed by atoms with E-state index in [1.165, 1.54) is 5.56 Å². The summed E-state index contributed by atoms with van der Waals surface area (Å²) in [5, 5.41) is 3.47. The van der Waals surface area contributed by atoms with E-state index in [-0.39, 0.29) is 6.04 Å². The van der Waals surface area contributed by atoms with Gasteiger partial charge in [0.2, 0.25) is 5.75 Å². The molecule has 1 heterocycles. The van der Waals surface area contributed by atoms with Gasteiger partial charge in [-0.15, -0.1) is 0 Å². The summed E-state index contributed by atoms with van der Waals surface area (Å²) in [6, 6.07) is 6.15. The zero-order valence-corrected chi connectivity index (χ0v) is 12.9. The minimum Gasteiger partial charge on any atom is -0.493 e. The largest absolute Gasteiger partial charge is 0.493 e. The summed E-state index contributed by atoms with van der Waals surface area (Å²) < 4.78 is 16.1. The quantitative estimate of drug-likeness (QED) is 0.823. The van der Waals surface area contributed by atoms with Gasteiger partial charge in [-0.3, -0.25) is 0 Å². The molecule has 1 atom stereocenters. The van der Waals surface area contributed by atoms with Crippen LogP contribution in [0.5, 0.6) is 17.2 Å². The molecule has 21 heavy (non-hydrogen) atoms. The molecule has 2 aromatic rings. The molecule has 2 N–H and O–H groups in total. The smallest absolute Gasteiger partial charge is 0.203 e. The van der Waals surface area contributed by atoms with Crippen molar-refractivity contribution in [3.8, 4) is 17.2 Å². The van der Waals surface area contributed by atoms with E-state index in [2.05, 4.69) is 23.3 Å². The van der Waals surface area contributed by atoms with Crippen molar-refractivity contribution in [3.05, 3.63) is 41.7 Å². The fourth-order valence-corrected chi connectivity index (χ4v) is 2.21. The van der Waals surface area contributed by atoms with Crippen molar-refractivity contribution in [3.63, 3.8) is 0 Å². The van der Waals surface area contributed by atoms with Crippen LogP contribution < -0.4 is 19.5 Å². The number of aromatic nitrogens is 1. The lowest BCUT2D eigenvalue weighted by atomic mass is 10.1. The van der Waals surface area contributed by atoms with Crippen LogP contribution in [0.15, 0.2) is 30.6 Å². The predicted molar refractivity (Wildman–Crippen MR) is 82.1 cm³/mol. The average Bonchev–Trinajstić information content (AvgIpc) is 3.04. The van der Waals surface area contributed by atoms with Crippen LogP contribution in [0.3, 0.4) is 0 Å². The van der Waals surface area contributed by atoms with Crippen LogP contribution in [0.25, 0.3) is 0 Å². The number of aromatic amines is 1. The van der Waals surface area contributed by atoms with Crippen molar-refractivity contribution < 1.29 is 14.2 Å². The molecule has 0 aliphatic heterocycles. The third kappa shape index (κ3) is 3.49. The van der Waals surface area contributed by atoms with E-state index in [1.807, 2.05) is 24.5 Å². The first kappa shape index (κ1) is 15.3. The van der Waals surface area contributed by atoms with Crippen molar-refractivity contribution in [2.24, 2.45) is 0 Å². The SMILES string of the molecule is COc1cc([C@H](C)NCc2cc[nH]c2)cc(OC)c1OC. The van der Waals surface area contributed by atoms with E-state index in [0.29, 0.717) is 17.2 Å². The van der Waals surface area contributed by atoms with Crippen molar-refractivity contribution >= 4 is 0 Å². The molecule has 0 fully saturated rings. The van der Waals surface area contributed by atoms with Crippen molar-refractivity contribution in [1.82, 2.24) is 10.3 Å². The second kappa shape index (κ2) is 7.04. The van der Waals surface area contributed by atoms with Crippen LogP contribution >= 0.6 is 0 Å². The van der Waals surface area contributed by atoms with E-state index in [4.69, 9.17) is 14.2 Å². The van der Waals surface area contributed by atoms with Crippen LogP contribution in [0.4, 0.5) is 0 Å². The second-order valence-electron chi connectivity index (χ2n) is 4.78. The number of methoxy groups -OCH3 is 3. The highest BCUT2D eigenvalue weighted by molar-refractivity contribution is 5.54. The van der Waals surface area contributed by atoms with Crippen LogP contribution in [0, 0.1) is 0 Å². The molecule has 5 heteroatoms. The van der Waals surface area contributed by atoms with Gasteiger partial charge in [-0.05, 0) is 36.2 Å². The standard InChI is InChI=1S/C16H22N2O3/c1-11(18-10-12-5-6-17-9-12)13-7-14(19-2)16(21-4)15(8-13)20-3/h5-9,11,17-18H,10H2,1-4H3/t11-/m0/s1. The van der Waals surface area contributed by atoms with Gasteiger partial charge in [-0.25, -0.2) is 0 Å². The number of H-pyrrole nitrogens is 1. The molecule has 114 valence electrons. The van der Waals surface area contributed by atoms with Crippen LogP contribution in [-0.2, 0) is 6.54 Å². The lowest BCUT2D eigenvalue weighted by Gasteiger charge is -2.18. The summed E-state index contributed by atoms with van der Waals surface area (Å²) in [5.74, 6) is 1.95. The van der Waals surface area contributed by atoms with Crippen LogP contribution in [-0.4, -0.2) is 26.3 Å². The summed E-state index contributed by atoms with van der Waals surface area (Å²) in [4.78, 5) is 3.05. The third-order valence-corrected chi connectivity index (χ3v) is 3.46. The normalized spacial score (nSPS) is 12.0. The topological polar surface area (TPSA) is 55.5 Å². The van der Waals surface area contributed by atoms with Crippen molar-refractivity contribution in [2.75, 3.05) is 21.3 Å². The minimum absolute atomic E-state index is 0.161. The number of benzene rings is 1. The summed E-state index contributed by atoms with van der Waals surface area (Å²) in [7, 11) is 4.85. The van der Waals surface area contributed by atoms with E-state index >= 15 is 0 Å². The molecule has 0 saturated carbocycles. The number of ether oxygens (including phenoxy) is 3. The van der Waals surface area contributed by atoms with E-state index in [0.717, 1.165) is 12.1 Å². The number of nitrogens with one attached hydrogen (secondary N) is 2. The lowest BCUT2D eigenvalue weighted by Crippen LogP contribution is -2.18. The molecular weight excluding hydrogens is 268 g/mol. The van der Waals surface area contributed by atoms with Gasteiger partial charge in [-0.2, -0.15) is 0 Å². The zero-order chi connectivity index (χ0) is 15.2. The Bertz CT molecular complexity index is 542.